The summed E-state index contributed by atoms with van der Waals surface area (Å²) in [5.74, 6) is -0.746. The minimum Gasteiger partial charge on any atom is -0.461 e. The summed E-state index contributed by atoms with van der Waals surface area (Å²) in [6, 6.07) is 6.05. The molecule has 0 saturated carbocycles. The van der Waals surface area contributed by atoms with E-state index in [2.05, 4.69) is 31.4 Å². The summed E-state index contributed by atoms with van der Waals surface area (Å²) in [4.78, 5) is 49.1. The number of ether oxygens (including phenoxy) is 1. The number of amides is 3. The van der Waals surface area contributed by atoms with Crippen molar-refractivity contribution in [3.8, 4) is 0 Å². The minimum absolute atomic E-state index is 0. The third-order valence-electron chi connectivity index (χ3n) is 5.90. The van der Waals surface area contributed by atoms with Crippen LogP contribution in [0, 0.1) is 23.2 Å². The maximum Gasteiger partial charge on any atom is 0.312 e. The SMILES string of the molecule is CC(C)C(=O)OCc1ccc(CC(=O)[C@H](CCCNC(N)=O)NC(=O)[C@@H](CC(C)(C)C)C(C)C)cc1.[2HH]. The fourth-order valence-corrected chi connectivity index (χ4v) is 3.80. The van der Waals surface area contributed by atoms with Crippen molar-refractivity contribution in [2.24, 2.45) is 28.9 Å². The Morgan fingerprint density at radius 1 is 1.00 bits per heavy atom. The van der Waals surface area contributed by atoms with Crippen LogP contribution >= 0.6 is 0 Å². The van der Waals surface area contributed by atoms with Crippen LogP contribution in [0.4, 0.5) is 4.79 Å². The number of benzene rings is 1. The second-order valence-corrected chi connectivity index (χ2v) is 11.3. The lowest BCUT2D eigenvalue weighted by molar-refractivity contribution is -0.148. The predicted molar refractivity (Wildman–Crippen MR) is 143 cm³/mol. The van der Waals surface area contributed by atoms with Crippen LogP contribution < -0.4 is 16.4 Å². The van der Waals surface area contributed by atoms with Crippen LogP contribution in [0.1, 0.15) is 80.3 Å². The van der Waals surface area contributed by atoms with Gasteiger partial charge in [0, 0.05) is 20.3 Å². The Morgan fingerprint density at radius 2 is 1.58 bits per heavy atom. The van der Waals surface area contributed by atoms with Crippen LogP contribution in [0.5, 0.6) is 0 Å². The first-order chi connectivity index (χ1) is 16.7. The first kappa shape index (κ1) is 31.1. The van der Waals surface area contributed by atoms with Gasteiger partial charge in [0.1, 0.15) is 6.61 Å². The quantitative estimate of drug-likeness (QED) is 0.255. The number of Topliss-reactive ketones (excluding diaryl/α,β-unsaturated/α-hetero) is 1. The lowest BCUT2D eigenvalue weighted by Crippen LogP contribution is -2.46. The molecule has 0 saturated heterocycles. The molecule has 0 aliphatic rings. The molecule has 1 rings (SSSR count). The normalized spacial score (nSPS) is 13.2. The van der Waals surface area contributed by atoms with Gasteiger partial charge in [0.25, 0.3) is 0 Å². The molecule has 0 heterocycles. The van der Waals surface area contributed by atoms with Gasteiger partial charge in [-0.05, 0) is 41.7 Å². The average molecular weight is 507 g/mol. The molecule has 0 fully saturated rings. The van der Waals surface area contributed by atoms with Crippen LogP contribution in [0.15, 0.2) is 24.3 Å². The van der Waals surface area contributed by atoms with Crippen molar-refractivity contribution in [3.05, 3.63) is 35.4 Å². The Balaban J connectivity index is 0.0000130. The third-order valence-corrected chi connectivity index (χ3v) is 5.90. The molecule has 0 unspecified atom stereocenters. The standard InChI is InChI=1S/C28H45N3O5.H2/c1-18(2)22(16-28(5,6)7)25(33)31-23(9-8-14-30-27(29)35)24(32)15-20-10-12-21(13-11-20)17-36-26(34)19(3)4;/h10-13,18-19,22-23H,8-9,14-17H2,1-7H3,(H,31,33)(H3,29,30,35);1H/t22-,23-;/m0./s1/i;1+1. The van der Waals surface area contributed by atoms with Crippen LogP contribution in [-0.4, -0.2) is 36.3 Å². The Labute approximate surface area is 217 Å². The molecule has 4 N–H and O–H groups in total. The maximum absolute atomic E-state index is 13.2. The van der Waals surface area contributed by atoms with E-state index in [1.54, 1.807) is 13.8 Å². The number of primary amides is 1. The van der Waals surface area contributed by atoms with E-state index < -0.39 is 12.1 Å². The zero-order valence-electron chi connectivity index (χ0n) is 23.0. The van der Waals surface area contributed by atoms with Gasteiger partial charge in [0.2, 0.25) is 5.91 Å². The zero-order valence-corrected chi connectivity index (χ0v) is 23.0. The summed E-state index contributed by atoms with van der Waals surface area (Å²) in [5.41, 5.74) is 6.76. The number of carbonyl (C=O) groups is 4. The number of hydrogen-bond acceptors (Lipinski definition) is 5. The Morgan fingerprint density at radius 3 is 2.08 bits per heavy atom. The Kier molecular flexibility index (Phi) is 12.6. The number of carbonyl (C=O) groups excluding carboxylic acids is 4. The molecule has 1 aromatic rings. The van der Waals surface area contributed by atoms with E-state index >= 15 is 0 Å². The number of nitrogens with two attached hydrogens (primary N) is 1. The Bertz CT molecular complexity index is 879. The van der Waals surface area contributed by atoms with Gasteiger partial charge in [0.05, 0.1) is 12.0 Å². The molecule has 1 aromatic carbocycles. The van der Waals surface area contributed by atoms with Gasteiger partial charge in [-0.3, -0.25) is 14.4 Å². The molecule has 204 valence electrons. The van der Waals surface area contributed by atoms with Gasteiger partial charge in [-0.2, -0.15) is 0 Å². The predicted octanol–water partition coefficient (Wildman–Crippen LogP) is 4.39. The van der Waals surface area contributed by atoms with Crippen molar-refractivity contribution >= 4 is 23.7 Å². The molecular weight excluding hydrogens is 458 g/mol. The summed E-state index contributed by atoms with van der Waals surface area (Å²) in [7, 11) is 0. The first-order valence-corrected chi connectivity index (χ1v) is 12.8. The lowest BCUT2D eigenvalue weighted by atomic mass is 9.79. The molecule has 8 heteroatoms. The van der Waals surface area contributed by atoms with Crippen LogP contribution in [0.2, 0.25) is 0 Å². The van der Waals surface area contributed by atoms with E-state index in [-0.39, 0.29) is 55.3 Å². The van der Waals surface area contributed by atoms with Gasteiger partial charge in [0.15, 0.2) is 5.78 Å². The van der Waals surface area contributed by atoms with Gasteiger partial charge >= 0.3 is 12.0 Å². The maximum atomic E-state index is 13.2. The zero-order chi connectivity index (χ0) is 27.5. The number of hydrogen-bond donors (Lipinski definition) is 3. The lowest BCUT2D eigenvalue weighted by Gasteiger charge is -2.29. The van der Waals surface area contributed by atoms with E-state index in [9.17, 15) is 19.2 Å². The molecule has 0 bridgehead atoms. The summed E-state index contributed by atoms with van der Waals surface area (Å²) < 4.78 is 5.25. The second-order valence-electron chi connectivity index (χ2n) is 11.3. The van der Waals surface area contributed by atoms with Crippen LogP contribution in [0.3, 0.4) is 0 Å². The first-order valence-electron chi connectivity index (χ1n) is 12.8. The highest BCUT2D eigenvalue weighted by molar-refractivity contribution is 5.91. The van der Waals surface area contributed by atoms with Crippen LogP contribution in [-0.2, 0) is 32.1 Å². The highest BCUT2D eigenvalue weighted by Gasteiger charge is 2.30. The molecule has 8 nitrogen and oxygen atoms in total. The van der Waals surface area contributed by atoms with Crippen molar-refractivity contribution in [2.75, 3.05) is 6.54 Å². The molecule has 0 aromatic heterocycles. The summed E-state index contributed by atoms with van der Waals surface area (Å²) in [6.07, 6.45) is 1.77. The number of esters is 1. The number of rotatable bonds is 14. The Hall–Kier alpha value is -2.90. The molecule has 0 aliphatic carbocycles. The monoisotopic (exact) mass is 506 g/mol. The fraction of sp³-hybridized carbons (Fsp3) is 0.643. The number of ketones is 1. The summed E-state index contributed by atoms with van der Waals surface area (Å²) >= 11 is 0. The number of nitrogens with one attached hydrogen (secondary N) is 2. The van der Waals surface area contributed by atoms with Crippen molar-refractivity contribution in [3.63, 3.8) is 0 Å². The molecular formula is C28H47N3O5. The molecule has 36 heavy (non-hydrogen) atoms. The van der Waals surface area contributed by atoms with Gasteiger partial charge < -0.3 is 21.1 Å². The van der Waals surface area contributed by atoms with E-state index in [0.29, 0.717) is 25.8 Å². The molecule has 0 radical (unpaired) electrons. The van der Waals surface area contributed by atoms with Gasteiger partial charge in [-0.25, -0.2) is 4.79 Å². The van der Waals surface area contributed by atoms with Crippen molar-refractivity contribution < 1.29 is 25.3 Å². The fourth-order valence-electron chi connectivity index (χ4n) is 3.80. The third kappa shape index (κ3) is 12.2. The van der Waals surface area contributed by atoms with Crippen molar-refractivity contribution in [1.82, 2.24) is 10.6 Å². The highest BCUT2D eigenvalue weighted by Crippen LogP contribution is 2.29. The molecule has 0 aliphatic heterocycles. The van der Waals surface area contributed by atoms with E-state index in [1.165, 1.54) is 0 Å². The van der Waals surface area contributed by atoms with Crippen molar-refractivity contribution in [1.29, 1.82) is 0 Å². The van der Waals surface area contributed by atoms with Gasteiger partial charge in [-0.1, -0.05) is 72.7 Å². The molecule has 3 amide bonds. The number of urea groups is 1. The highest BCUT2D eigenvalue weighted by atomic mass is 16.5. The summed E-state index contributed by atoms with van der Waals surface area (Å²) in [5, 5.41) is 5.52. The minimum atomic E-state index is -0.667. The molecule has 0 spiro atoms. The van der Waals surface area contributed by atoms with E-state index in [4.69, 9.17) is 10.5 Å². The molecule has 2 atom stereocenters. The van der Waals surface area contributed by atoms with Crippen LogP contribution in [0.25, 0.3) is 0 Å². The summed E-state index contributed by atoms with van der Waals surface area (Å²) in [6.45, 7) is 14.4. The topological polar surface area (TPSA) is 128 Å². The van der Waals surface area contributed by atoms with Crippen molar-refractivity contribution in [2.45, 2.75) is 86.8 Å². The largest absolute Gasteiger partial charge is 0.461 e. The smallest absolute Gasteiger partial charge is 0.312 e. The van der Waals surface area contributed by atoms with E-state index in [1.807, 2.05) is 38.1 Å². The van der Waals surface area contributed by atoms with E-state index in [0.717, 1.165) is 11.1 Å². The van der Waals surface area contributed by atoms with Gasteiger partial charge in [-0.15, -0.1) is 0 Å². The average Bonchev–Trinajstić information content (AvgIpc) is 2.77. The second kappa shape index (κ2) is 14.6.